The van der Waals surface area contributed by atoms with Gasteiger partial charge >= 0.3 is 5.97 Å². The highest BCUT2D eigenvalue weighted by atomic mass is 19.1. The minimum Gasteiger partial charge on any atom is -0.465 e. The van der Waals surface area contributed by atoms with Gasteiger partial charge in [0.2, 0.25) is 0 Å². The van der Waals surface area contributed by atoms with Gasteiger partial charge in [-0.25, -0.2) is 13.6 Å². The molecule has 5 heteroatoms. The molecule has 3 nitrogen and oxygen atoms in total. The van der Waals surface area contributed by atoms with Crippen LogP contribution in [-0.2, 0) is 4.74 Å². The number of carbonyl (C=O) groups is 1. The van der Waals surface area contributed by atoms with Crippen LogP contribution in [0.15, 0.2) is 48.7 Å². The summed E-state index contributed by atoms with van der Waals surface area (Å²) in [6.07, 6.45) is 1.11. The highest BCUT2D eigenvalue weighted by molar-refractivity contribution is 6.00. The zero-order valence-electron chi connectivity index (χ0n) is 11.6. The first-order valence-electron chi connectivity index (χ1n) is 6.52. The predicted molar refractivity (Wildman–Crippen MR) is 78.4 cm³/mol. The van der Waals surface area contributed by atoms with E-state index in [0.717, 1.165) is 6.20 Å². The van der Waals surface area contributed by atoms with E-state index in [1.807, 2.05) is 0 Å². The molecule has 0 aliphatic rings. The first-order valence-corrected chi connectivity index (χ1v) is 6.52. The van der Waals surface area contributed by atoms with E-state index in [0.29, 0.717) is 27.6 Å². The molecule has 0 aliphatic carbocycles. The number of fused-ring (bicyclic) bond motifs is 1. The number of pyridine rings is 1. The molecule has 0 N–H and O–H groups in total. The molecule has 3 aromatic rings. The van der Waals surface area contributed by atoms with Crippen LogP contribution in [0.1, 0.15) is 10.4 Å². The van der Waals surface area contributed by atoms with Crippen molar-refractivity contribution in [3.8, 4) is 11.3 Å². The molecule has 110 valence electrons. The van der Waals surface area contributed by atoms with E-state index in [2.05, 4.69) is 9.72 Å². The largest absolute Gasteiger partial charge is 0.465 e. The van der Waals surface area contributed by atoms with Crippen LogP contribution in [0.3, 0.4) is 0 Å². The minimum atomic E-state index is -0.517. The highest BCUT2D eigenvalue weighted by Crippen LogP contribution is 2.29. The number of ether oxygens (including phenoxy) is 1. The Balaban J connectivity index is 2.27. The van der Waals surface area contributed by atoms with Crippen molar-refractivity contribution in [1.29, 1.82) is 0 Å². The monoisotopic (exact) mass is 299 g/mol. The summed E-state index contributed by atoms with van der Waals surface area (Å²) < 4.78 is 31.7. The summed E-state index contributed by atoms with van der Waals surface area (Å²) in [7, 11) is 1.28. The molecular weight excluding hydrogens is 288 g/mol. The number of halogens is 2. The Morgan fingerprint density at radius 1 is 1.05 bits per heavy atom. The maximum absolute atomic E-state index is 13.9. The maximum Gasteiger partial charge on any atom is 0.337 e. The lowest BCUT2D eigenvalue weighted by Crippen LogP contribution is -2.01. The molecule has 0 atom stereocenters. The minimum absolute atomic E-state index is 0.297. The Morgan fingerprint density at radius 3 is 2.45 bits per heavy atom. The number of methoxy groups -OCH3 is 1. The van der Waals surface area contributed by atoms with Crippen molar-refractivity contribution in [1.82, 2.24) is 4.98 Å². The van der Waals surface area contributed by atoms with E-state index in [1.54, 1.807) is 12.1 Å². The first-order chi connectivity index (χ1) is 10.6. The van der Waals surface area contributed by atoms with E-state index in [1.165, 1.54) is 37.4 Å². The topological polar surface area (TPSA) is 39.2 Å². The molecule has 3 rings (SSSR count). The number of carbonyl (C=O) groups excluding carboxylic acids is 1. The van der Waals surface area contributed by atoms with Crippen LogP contribution in [0.2, 0.25) is 0 Å². The molecule has 0 unspecified atom stereocenters. The van der Waals surface area contributed by atoms with Gasteiger partial charge in [-0.3, -0.25) is 4.98 Å². The molecule has 0 amide bonds. The molecule has 0 bridgehead atoms. The Bertz CT molecular complexity index is 860. The zero-order valence-corrected chi connectivity index (χ0v) is 11.6. The fourth-order valence-electron chi connectivity index (χ4n) is 2.29. The third kappa shape index (κ3) is 2.41. The second-order valence-electron chi connectivity index (χ2n) is 4.71. The van der Waals surface area contributed by atoms with E-state index in [4.69, 9.17) is 0 Å². The van der Waals surface area contributed by atoms with Crippen molar-refractivity contribution in [3.05, 3.63) is 65.9 Å². The predicted octanol–water partition coefficient (Wildman–Crippen LogP) is 3.97. The Labute approximate surface area is 125 Å². The van der Waals surface area contributed by atoms with Gasteiger partial charge in [0, 0.05) is 16.3 Å². The van der Waals surface area contributed by atoms with Gasteiger partial charge in [-0.1, -0.05) is 6.07 Å². The highest BCUT2D eigenvalue weighted by Gasteiger charge is 2.13. The van der Waals surface area contributed by atoms with E-state index < -0.39 is 11.8 Å². The molecule has 1 heterocycles. The number of nitrogens with zero attached hydrogens (tertiary/aromatic N) is 1. The average Bonchev–Trinajstić information content (AvgIpc) is 2.55. The summed E-state index contributed by atoms with van der Waals surface area (Å²) >= 11 is 0. The molecule has 1 aromatic heterocycles. The van der Waals surface area contributed by atoms with Gasteiger partial charge in [0.25, 0.3) is 0 Å². The molecule has 0 saturated heterocycles. The van der Waals surface area contributed by atoms with Crippen molar-refractivity contribution in [2.45, 2.75) is 0 Å². The van der Waals surface area contributed by atoms with E-state index >= 15 is 0 Å². The van der Waals surface area contributed by atoms with Crippen molar-refractivity contribution in [2.75, 3.05) is 7.11 Å². The fraction of sp³-hybridized carbons (Fsp3) is 0.0588. The van der Waals surface area contributed by atoms with Crippen LogP contribution < -0.4 is 0 Å². The lowest BCUT2D eigenvalue weighted by Gasteiger charge is -2.08. The van der Waals surface area contributed by atoms with E-state index in [9.17, 15) is 13.6 Å². The molecule has 0 spiro atoms. The number of esters is 1. The van der Waals surface area contributed by atoms with Crippen LogP contribution in [0.4, 0.5) is 8.78 Å². The van der Waals surface area contributed by atoms with Gasteiger partial charge in [0.05, 0.1) is 24.6 Å². The third-order valence-corrected chi connectivity index (χ3v) is 3.38. The molecule has 0 saturated carbocycles. The Morgan fingerprint density at radius 2 is 1.77 bits per heavy atom. The lowest BCUT2D eigenvalue weighted by atomic mass is 10.0. The summed E-state index contributed by atoms with van der Waals surface area (Å²) in [4.78, 5) is 15.7. The second kappa shape index (κ2) is 5.52. The van der Waals surface area contributed by atoms with Gasteiger partial charge < -0.3 is 4.74 Å². The van der Waals surface area contributed by atoms with Gasteiger partial charge in [0.1, 0.15) is 11.6 Å². The molecule has 0 fully saturated rings. The van der Waals surface area contributed by atoms with Gasteiger partial charge in [-0.2, -0.15) is 0 Å². The van der Waals surface area contributed by atoms with Gasteiger partial charge in [-0.05, 0) is 36.4 Å². The molecule has 0 radical (unpaired) electrons. The Kier molecular flexibility index (Phi) is 3.55. The number of benzene rings is 2. The molecule has 22 heavy (non-hydrogen) atoms. The smallest absolute Gasteiger partial charge is 0.337 e. The first kappa shape index (κ1) is 14.1. The van der Waals surface area contributed by atoms with Crippen LogP contribution in [0.5, 0.6) is 0 Å². The van der Waals surface area contributed by atoms with Crippen molar-refractivity contribution < 1.29 is 18.3 Å². The van der Waals surface area contributed by atoms with Crippen molar-refractivity contribution in [3.63, 3.8) is 0 Å². The number of hydrogen-bond donors (Lipinski definition) is 0. The van der Waals surface area contributed by atoms with Crippen LogP contribution in [0, 0.1) is 11.6 Å². The van der Waals surface area contributed by atoms with Gasteiger partial charge in [0.15, 0.2) is 0 Å². The second-order valence-corrected chi connectivity index (χ2v) is 4.71. The van der Waals surface area contributed by atoms with Crippen molar-refractivity contribution in [2.24, 2.45) is 0 Å². The quantitative estimate of drug-likeness (QED) is 0.672. The number of rotatable bonds is 2. The average molecular weight is 299 g/mol. The SMILES string of the molecule is COC(=O)c1ccc2c(F)cnc(-c3ccc(F)cc3)c2c1. The standard InChI is InChI=1S/C17H11F2NO2/c1-22-17(21)11-4-7-13-14(8-11)16(20-9-15(13)19)10-2-5-12(18)6-3-10/h2-9H,1H3. The summed E-state index contributed by atoms with van der Waals surface area (Å²) in [5, 5.41) is 0.802. The zero-order chi connectivity index (χ0) is 15.7. The van der Waals surface area contributed by atoms with Crippen LogP contribution in [-0.4, -0.2) is 18.1 Å². The summed E-state index contributed by atoms with van der Waals surface area (Å²) in [5.41, 5.74) is 1.40. The molecular formula is C17H11F2NO2. The van der Waals surface area contributed by atoms with E-state index in [-0.39, 0.29) is 5.82 Å². The Hall–Kier alpha value is -2.82. The van der Waals surface area contributed by atoms with Gasteiger partial charge in [-0.15, -0.1) is 0 Å². The summed E-state index contributed by atoms with van der Waals surface area (Å²) in [6, 6.07) is 10.2. The number of aromatic nitrogens is 1. The lowest BCUT2D eigenvalue weighted by molar-refractivity contribution is 0.0601. The number of hydrogen-bond acceptors (Lipinski definition) is 3. The van der Waals surface area contributed by atoms with Crippen LogP contribution in [0.25, 0.3) is 22.0 Å². The molecule has 2 aromatic carbocycles. The van der Waals surface area contributed by atoms with Crippen LogP contribution >= 0.6 is 0 Å². The van der Waals surface area contributed by atoms with Crippen molar-refractivity contribution >= 4 is 16.7 Å². The molecule has 0 aliphatic heterocycles. The maximum atomic E-state index is 13.9. The summed E-state index contributed by atoms with van der Waals surface area (Å²) in [5.74, 6) is -1.38. The summed E-state index contributed by atoms with van der Waals surface area (Å²) in [6.45, 7) is 0. The third-order valence-electron chi connectivity index (χ3n) is 3.38. The fourth-order valence-corrected chi connectivity index (χ4v) is 2.29. The normalized spacial score (nSPS) is 10.7.